The van der Waals surface area contributed by atoms with Crippen LogP contribution in [-0.2, 0) is 11.2 Å². The maximum atomic E-state index is 5.79. The van der Waals surface area contributed by atoms with Gasteiger partial charge in [0.1, 0.15) is 6.10 Å². The van der Waals surface area contributed by atoms with Crippen LogP contribution in [0.3, 0.4) is 0 Å². The van der Waals surface area contributed by atoms with Crippen LogP contribution in [0, 0.1) is 13.8 Å². The molecule has 1 aromatic rings. The minimum Gasteiger partial charge on any atom is -0.371 e. The number of hydrogen-bond acceptors (Lipinski definition) is 4. The van der Waals surface area contributed by atoms with Crippen LogP contribution < -0.4 is 5.32 Å². The minimum absolute atomic E-state index is 0.0321. The second-order valence-corrected chi connectivity index (χ2v) is 5.46. The third-order valence-electron chi connectivity index (χ3n) is 3.62. The molecule has 0 bridgehead atoms. The van der Waals surface area contributed by atoms with Crippen molar-refractivity contribution >= 4 is 0 Å². The Bertz CT molecular complexity index is 391. The second-order valence-electron chi connectivity index (χ2n) is 5.46. The van der Waals surface area contributed by atoms with Gasteiger partial charge in [0, 0.05) is 18.0 Å². The molecule has 1 unspecified atom stereocenters. The Hall–Kier alpha value is -1.00. The molecule has 0 aliphatic rings. The van der Waals surface area contributed by atoms with E-state index in [1.54, 1.807) is 0 Å². The molecule has 0 saturated heterocycles. The van der Waals surface area contributed by atoms with Gasteiger partial charge in [-0.1, -0.05) is 20.3 Å². The van der Waals surface area contributed by atoms with Crippen LogP contribution in [0.5, 0.6) is 0 Å². The van der Waals surface area contributed by atoms with E-state index in [4.69, 9.17) is 14.7 Å². The van der Waals surface area contributed by atoms with Gasteiger partial charge in [0.05, 0.1) is 0 Å². The lowest BCUT2D eigenvalue weighted by atomic mass is 10.1. The van der Waals surface area contributed by atoms with Crippen LogP contribution in [0.2, 0.25) is 0 Å². The van der Waals surface area contributed by atoms with Crippen LogP contribution in [-0.4, -0.2) is 29.7 Å². The predicted octanol–water partition coefficient (Wildman–Crippen LogP) is 3.51. The molecule has 1 heterocycles. The molecule has 1 rings (SSSR count). The van der Waals surface area contributed by atoms with E-state index in [0.29, 0.717) is 6.61 Å². The zero-order chi connectivity index (χ0) is 15.7. The van der Waals surface area contributed by atoms with Crippen molar-refractivity contribution in [2.45, 2.75) is 66.4 Å². The highest BCUT2D eigenvalue weighted by Gasteiger charge is 2.17. The monoisotopic (exact) mass is 293 g/mol. The van der Waals surface area contributed by atoms with E-state index < -0.39 is 0 Å². The average Bonchev–Trinajstić information content (AvgIpc) is 2.45. The lowest BCUT2D eigenvalue weighted by molar-refractivity contribution is 0.0491. The third-order valence-corrected chi connectivity index (χ3v) is 3.62. The maximum Gasteiger partial charge on any atom is 0.157 e. The molecule has 0 fully saturated rings. The summed E-state index contributed by atoms with van der Waals surface area (Å²) in [5, 5.41) is 3.44. The highest BCUT2D eigenvalue weighted by Crippen LogP contribution is 2.22. The molecule has 0 saturated carbocycles. The molecule has 120 valence electrons. The Morgan fingerprint density at radius 2 is 1.67 bits per heavy atom. The summed E-state index contributed by atoms with van der Waals surface area (Å²) in [5.41, 5.74) is 3.46. The summed E-state index contributed by atoms with van der Waals surface area (Å²) in [7, 11) is 0. The first-order valence-corrected chi connectivity index (χ1v) is 8.30. The molecule has 0 aromatic carbocycles. The van der Waals surface area contributed by atoms with Crippen molar-refractivity contribution in [3.05, 3.63) is 22.8 Å². The molecule has 0 radical (unpaired) electrons. The Kier molecular flexibility index (Phi) is 8.47. The summed E-state index contributed by atoms with van der Waals surface area (Å²) in [4.78, 5) is 9.41. The summed E-state index contributed by atoms with van der Waals surface area (Å²) in [6, 6.07) is 0. The third kappa shape index (κ3) is 5.71. The number of ether oxygens (including phenoxy) is 1. The molecule has 1 atom stereocenters. The number of nitrogens with zero attached hydrogens (tertiary/aromatic N) is 2. The number of aryl methyl sites for hydroxylation is 2. The largest absolute Gasteiger partial charge is 0.371 e. The summed E-state index contributed by atoms with van der Waals surface area (Å²) in [6.45, 7) is 13.3. The quantitative estimate of drug-likeness (QED) is 0.671. The van der Waals surface area contributed by atoms with E-state index in [0.717, 1.165) is 49.6 Å². The number of nitrogens with one attached hydrogen (secondary N) is 1. The molecular weight excluding hydrogens is 262 g/mol. The van der Waals surface area contributed by atoms with Gasteiger partial charge >= 0.3 is 0 Å². The lowest BCUT2D eigenvalue weighted by Gasteiger charge is -2.18. The molecule has 21 heavy (non-hydrogen) atoms. The van der Waals surface area contributed by atoms with Crippen molar-refractivity contribution in [2.75, 3.05) is 19.7 Å². The summed E-state index contributed by atoms with van der Waals surface area (Å²) < 4.78 is 5.79. The number of aromatic nitrogens is 2. The van der Waals surface area contributed by atoms with E-state index in [2.05, 4.69) is 33.0 Å². The fourth-order valence-corrected chi connectivity index (χ4v) is 2.54. The van der Waals surface area contributed by atoms with Crippen molar-refractivity contribution in [3.63, 3.8) is 0 Å². The van der Waals surface area contributed by atoms with Crippen LogP contribution >= 0.6 is 0 Å². The molecule has 0 aliphatic heterocycles. The van der Waals surface area contributed by atoms with Gasteiger partial charge in [-0.15, -0.1) is 0 Å². The van der Waals surface area contributed by atoms with Gasteiger partial charge in [0.2, 0.25) is 0 Å². The Labute approximate surface area is 129 Å². The van der Waals surface area contributed by atoms with E-state index in [1.807, 2.05) is 6.92 Å². The average molecular weight is 293 g/mol. The topological polar surface area (TPSA) is 47.0 Å². The first kappa shape index (κ1) is 18.1. The smallest absolute Gasteiger partial charge is 0.157 e. The van der Waals surface area contributed by atoms with Gasteiger partial charge in [0.25, 0.3) is 0 Å². The standard InChI is InChI=1S/C17H31N3O/c1-6-9-16(21-8-3)17-19-13(4)15(14(5)20-17)10-12-18-11-7-2/h16,18H,6-12H2,1-5H3. The fraction of sp³-hybridized carbons (Fsp3) is 0.765. The van der Waals surface area contributed by atoms with Crippen molar-refractivity contribution in [1.82, 2.24) is 15.3 Å². The van der Waals surface area contributed by atoms with Crippen molar-refractivity contribution < 1.29 is 4.74 Å². The van der Waals surface area contributed by atoms with Gasteiger partial charge in [-0.2, -0.15) is 0 Å². The maximum absolute atomic E-state index is 5.79. The fourth-order valence-electron chi connectivity index (χ4n) is 2.54. The van der Waals surface area contributed by atoms with Crippen LogP contribution in [0.25, 0.3) is 0 Å². The van der Waals surface area contributed by atoms with E-state index in [9.17, 15) is 0 Å². The first-order valence-electron chi connectivity index (χ1n) is 8.30. The van der Waals surface area contributed by atoms with Crippen molar-refractivity contribution in [3.8, 4) is 0 Å². The summed E-state index contributed by atoms with van der Waals surface area (Å²) >= 11 is 0. The van der Waals surface area contributed by atoms with Crippen molar-refractivity contribution in [1.29, 1.82) is 0 Å². The molecule has 1 N–H and O–H groups in total. The molecular formula is C17H31N3O. The SMILES string of the molecule is CCCNCCc1c(C)nc(C(CCC)OCC)nc1C. The number of hydrogen-bond donors (Lipinski definition) is 1. The molecule has 4 heteroatoms. The van der Waals surface area contributed by atoms with Crippen LogP contribution in [0.4, 0.5) is 0 Å². The molecule has 0 aliphatic carbocycles. The molecule has 0 spiro atoms. The Morgan fingerprint density at radius 3 is 2.19 bits per heavy atom. The van der Waals surface area contributed by atoms with Crippen LogP contribution in [0.15, 0.2) is 0 Å². The predicted molar refractivity (Wildman–Crippen MR) is 87.6 cm³/mol. The van der Waals surface area contributed by atoms with Crippen molar-refractivity contribution in [2.24, 2.45) is 0 Å². The summed E-state index contributed by atoms with van der Waals surface area (Å²) in [5.74, 6) is 0.846. The molecule has 0 amide bonds. The second kappa shape index (κ2) is 9.85. The summed E-state index contributed by atoms with van der Waals surface area (Å²) in [6.07, 6.45) is 4.24. The van der Waals surface area contributed by atoms with E-state index >= 15 is 0 Å². The Morgan fingerprint density at radius 1 is 1.00 bits per heavy atom. The number of rotatable bonds is 10. The highest BCUT2D eigenvalue weighted by atomic mass is 16.5. The van der Waals surface area contributed by atoms with Gasteiger partial charge in [-0.25, -0.2) is 9.97 Å². The lowest BCUT2D eigenvalue weighted by Crippen LogP contribution is -2.20. The minimum atomic E-state index is 0.0321. The zero-order valence-electron chi connectivity index (χ0n) is 14.3. The van der Waals surface area contributed by atoms with Gasteiger partial charge in [-0.05, 0) is 58.7 Å². The van der Waals surface area contributed by atoms with E-state index in [1.165, 1.54) is 12.0 Å². The molecule has 1 aromatic heterocycles. The van der Waals surface area contributed by atoms with Crippen LogP contribution in [0.1, 0.15) is 68.9 Å². The molecule has 4 nitrogen and oxygen atoms in total. The van der Waals surface area contributed by atoms with Gasteiger partial charge in [-0.3, -0.25) is 0 Å². The highest BCUT2D eigenvalue weighted by molar-refractivity contribution is 5.25. The Balaban J connectivity index is 2.82. The van der Waals surface area contributed by atoms with Gasteiger partial charge in [0.15, 0.2) is 5.82 Å². The van der Waals surface area contributed by atoms with Gasteiger partial charge < -0.3 is 10.1 Å². The van der Waals surface area contributed by atoms with E-state index in [-0.39, 0.29) is 6.10 Å². The normalized spacial score (nSPS) is 12.6. The zero-order valence-corrected chi connectivity index (χ0v) is 14.3. The first-order chi connectivity index (χ1) is 10.1.